The average Bonchev–Trinajstić information content (AvgIpc) is 3.38. The van der Waals surface area contributed by atoms with Crippen molar-refractivity contribution < 1.29 is 9.21 Å². The number of nitrogens with zero attached hydrogens (tertiary/aromatic N) is 5. The summed E-state index contributed by atoms with van der Waals surface area (Å²) in [5.74, 6) is 2.50. The van der Waals surface area contributed by atoms with Gasteiger partial charge in [-0.25, -0.2) is 9.97 Å². The summed E-state index contributed by atoms with van der Waals surface area (Å²) in [6, 6.07) is 0. The molecule has 0 radical (unpaired) electrons. The Morgan fingerprint density at radius 2 is 1.96 bits per heavy atom. The van der Waals surface area contributed by atoms with Gasteiger partial charge in [-0.2, -0.15) is 0 Å². The van der Waals surface area contributed by atoms with E-state index in [9.17, 15) is 4.79 Å². The summed E-state index contributed by atoms with van der Waals surface area (Å²) >= 11 is 0. The molecule has 7 nitrogen and oxygen atoms in total. The zero-order chi connectivity index (χ0) is 17.2. The number of carbonyl (C=O) groups excluding carboxylic acids is 1. The largest absolute Gasteiger partial charge is 0.435 e. The third-order valence-electron chi connectivity index (χ3n) is 5.35. The van der Waals surface area contributed by atoms with Crippen molar-refractivity contribution in [2.45, 2.75) is 38.1 Å². The fourth-order valence-electron chi connectivity index (χ4n) is 3.74. The fraction of sp³-hybridized carbons (Fsp3) is 0.611. The van der Waals surface area contributed by atoms with Gasteiger partial charge in [0.15, 0.2) is 5.89 Å². The molecule has 134 valence electrons. The topological polar surface area (TPSA) is 67.4 Å². The number of amides is 1. The number of oxazole rings is 1. The van der Waals surface area contributed by atoms with Crippen molar-refractivity contribution in [3.8, 4) is 0 Å². The average molecular weight is 343 g/mol. The zero-order valence-corrected chi connectivity index (χ0v) is 14.7. The molecule has 0 unspecified atom stereocenters. The monoisotopic (exact) mass is 343 g/mol. The first-order valence-electron chi connectivity index (χ1n) is 9.14. The Morgan fingerprint density at radius 3 is 2.64 bits per heavy atom. The molecule has 2 aromatic heterocycles. The predicted octanol–water partition coefficient (Wildman–Crippen LogP) is 2.02. The van der Waals surface area contributed by atoms with Gasteiger partial charge in [0.2, 0.25) is 5.76 Å². The molecule has 2 fully saturated rings. The number of aromatic nitrogens is 3. The molecule has 2 saturated heterocycles. The van der Waals surface area contributed by atoms with Crippen molar-refractivity contribution in [1.29, 1.82) is 0 Å². The van der Waals surface area contributed by atoms with Crippen LogP contribution in [-0.4, -0.2) is 56.4 Å². The van der Waals surface area contributed by atoms with E-state index in [0.29, 0.717) is 11.7 Å². The van der Waals surface area contributed by atoms with Crippen molar-refractivity contribution in [2.24, 2.45) is 7.05 Å². The number of imidazole rings is 1. The van der Waals surface area contributed by atoms with Crippen LogP contribution < -0.4 is 0 Å². The van der Waals surface area contributed by atoms with Gasteiger partial charge >= 0.3 is 0 Å². The minimum atomic E-state index is -0.0107. The predicted molar refractivity (Wildman–Crippen MR) is 92.1 cm³/mol. The Kier molecular flexibility index (Phi) is 4.57. The molecule has 2 aliphatic heterocycles. The van der Waals surface area contributed by atoms with Gasteiger partial charge in [0.05, 0.1) is 12.7 Å². The number of likely N-dealkylation sites (tertiary alicyclic amines) is 2. The van der Waals surface area contributed by atoms with Crippen LogP contribution in [0.3, 0.4) is 0 Å². The number of hydrogen-bond acceptors (Lipinski definition) is 5. The van der Waals surface area contributed by atoms with E-state index in [2.05, 4.69) is 19.4 Å². The molecule has 0 bridgehead atoms. The number of piperidine rings is 1. The molecule has 0 N–H and O–H groups in total. The Hall–Kier alpha value is -2.15. The summed E-state index contributed by atoms with van der Waals surface area (Å²) < 4.78 is 7.89. The van der Waals surface area contributed by atoms with Gasteiger partial charge in [0, 0.05) is 38.4 Å². The van der Waals surface area contributed by atoms with Crippen LogP contribution in [-0.2, 0) is 13.6 Å². The molecular formula is C18H25N5O2. The van der Waals surface area contributed by atoms with E-state index >= 15 is 0 Å². The van der Waals surface area contributed by atoms with Gasteiger partial charge in [-0.3, -0.25) is 9.69 Å². The molecule has 25 heavy (non-hydrogen) atoms. The molecular weight excluding hydrogens is 318 g/mol. The van der Waals surface area contributed by atoms with Gasteiger partial charge < -0.3 is 13.9 Å². The molecule has 4 rings (SSSR count). The Labute approximate surface area is 147 Å². The van der Waals surface area contributed by atoms with Crippen LogP contribution in [0, 0.1) is 0 Å². The second-order valence-corrected chi connectivity index (χ2v) is 7.07. The highest BCUT2D eigenvalue weighted by molar-refractivity contribution is 5.91. The van der Waals surface area contributed by atoms with E-state index in [4.69, 9.17) is 4.42 Å². The molecule has 0 saturated carbocycles. The van der Waals surface area contributed by atoms with Crippen molar-refractivity contribution in [3.63, 3.8) is 0 Å². The summed E-state index contributed by atoms with van der Waals surface area (Å²) in [6.07, 6.45) is 9.60. The van der Waals surface area contributed by atoms with Crippen LogP contribution in [0.5, 0.6) is 0 Å². The number of carbonyl (C=O) groups is 1. The summed E-state index contributed by atoms with van der Waals surface area (Å²) in [5.41, 5.74) is 0. The van der Waals surface area contributed by atoms with Crippen LogP contribution in [0.2, 0.25) is 0 Å². The maximum absolute atomic E-state index is 12.4. The highest BCUT2D eigenvalue weighted by Gasteiger charge is 2.27. The van der Waals surface area contributed by atoms with Crippen LogP contribution >= 0.6 is 0 Å². The third-order valence-corrected chi connectivity index (χ3v) is 5.35. The minimum Gasteiger partial charge on any atom is -0.435 e. The normalized spacial score (nSPS) is 19.6. The van der Waals surface area contributed by atoms with E-state index in [-0.39, 0.29) is 5.91 Å². The summed E-state index contributed by atoms with van der Waals surface area (Å²) in [5, 5.41) is 0. The van der Waals surface area contributed by atoms with Crippen LogP contribution in [0.4, 0.5) is 0 Å². The second-order valence-electron chi connectivity index (χ2n) is 7.07. The lowest BCUT2D eigenvalue weighted by Crippen LogP contribution is -2.33. The van der Waals surface area contributed by atoms with E-state index in [1.807, 2.05) is 24.3 Å². The van der Waals surface area contributed by atoms with Crippen LogP contribution in [0.1, 0.15) is 53.9 Å². The molecule has 0 atom stereocenters. The maximum atomic E-state index is 12.4. The molecule has 7 heteroatoms. The van der Waals surface area contributed by atoms with E-state index in [0.717, 1.165) is 70.1 Å². The number of aryl methyl sites for hydroxylation is 1. The second kappa shape index (κ2) is 7.00. The standard InChI is InChI=1S/C18H25N5O2/c1-21-11-6-19-16(21)13-22-9-4-14(5-10-22)17-20-12-15(25-17)18(24)23-7-2-3-8-23/h6,11-12,14H,2-5,7-10,13H2,1H3. The molecule has 4 heterocycles. The molecule has 0 aliphatic carbocycles. The van der Waals surface area contributed by atoms with Crippen LogP contribution in [0.15, 0.2) is 23.0 Å². The minimum absolute atomic E-state index is 0.0107. The Balaban J connectivity index is 1.33. The van der Waals surface area contributed by atoms with E-state index in [1.165, 1.54) is 0 Å². The highest BCUT2D eigenvalue weighted by atomic mass is 16.4. The van der Waals surface area contributed by atoms with Crippen LogP contribution in [0.25, 0.3) is 0 Å². The lowest BCUT2D eigenvalue weighted by molar-refractivity contribution is 0.0757. The maximum Gasteiger partial charge on any atom is 0.291 e. The van der Waals surface area contributed by atoms with Gasteiger partial charge in [-0.1, -0.05) is 0 Å². The Morgan fingerprint density at radius 1 is 1.20 bits per heavy atom. The van der Waals surface area contributed by atoms with E-state index < -0.39 is 0 Å². The zero-order valence-electron chi connectivity index (χ0n) is 14.7. The SMILES string of the molecule is Cn1ccnc1CN1CCC(c2ncc(C(=O)N3CCCC3)o2)CC1. The van der Waals surface area contributed by atoms with Crippen molar-refractivity contribution >= 4 is 5.91 Å². The van der Waals surface area contributed by atoms with E-state index in [1.54, 1.807) is 6.20 Å². The Bertz CT molecular complexity index is 723. The lowest BCUT2D eigenvalue weighted by Gasteiger charge is -2.30. The first kappa shape index (κ1) is 16.3. The van der Waals surface area contributed by atoms with Gasteiger partial charge in [0.1, 0.15) is 5.82 Å². The molecule has 1 amide bonds. The van der Waals surface area contributed by atoms with Gasteiger partial charge in [-0.05, 0) is 38.8 Å². The highest BCUT2D eigenvalue weighted by Crippen LogP contribution is 2.28. The first-order chi connectivity index (χ1) is 12.2. The molecule has 2 aromatic rings. The van der Waals surface area contributed by atoms with Crippen molar-refractivity contribution in [2.75, 3.05) is 26.2 Å². The first-order valence-corrected chi connectivity index (χ1v) is 9.14. The van der Waals surface area contributed by atoms with Gasteiger partial charge in [-0.15, -0.1) is 0 Å². The molecule has 0 aromatic carbocycles. The number of hydrogen-bond donors (Lipinski definition) is 0. The summed E-state index contributed by atoms with van der Waals surface area (Å²) in [4.78, 5) is 25.4. The lowest BCUT2D eigenvalue weighted by atomic mass is 9.97. The summed E-state index contributed by atoms with van der Waals surface area (Å²) in [6.45, 7) is 4.53. The third kappa shape index (κ3) is 3.46. The fourth-order valence-corrected chi connectivity index (χ4v) is 3.74. The van der Waals surface area contributed by atoms with Gasteiger partial charge in [0.25, 0.3) is 5.91 Å². The quantitative estimate of drug-likeness (QED) is 0.850. The van der Waals surface area contributed by atoms with Crippen molar-refractivity contribution in [1.82, 2.24) is 24.3 Å². The molecule has 0 spiro atoms. The summed E-state index contributed by atoms with van der Waals surface area (Å²) in [7, 11) is 2.03. The molecule has 2 aliphatic rings. The van der Waals surface area contributed by atoms with Crippen molar-refractivity contribution in [3.05, 3.63) is 36.1 Å². The number of rotatable bonds is 4. The smallest absolute Gasteiger partial charge is 0.291 e.